The van der Waals surface area contributed by atoms with E-state index in [1.54, 1.807) is 14.0 Å². The lowest BCUT2D eigenvalue weighted by molar-refractivity contribution is -0.116. The van der Waals surface area contributed by atoms with Crippen LogP contribution in [0.4, 0.5) is 17.5 Å². The third kappa shape index (κ3) is 8.56. The predicted octanol–water partition coefficient (Wildman–Crippen LogP) is 4.80. The van der Waals surface area contributed by atoms with Gasteiger partial charge in [-0.1, -0.05) is 42.5 Å². The highest BCUT2D eigenvalue weighted by atomic mass is 32.2. The summed E-state index contributed by atoms with van der Waals surface area (Å²) >= 11 is 1.48. The molecule has 0 spiro atoms. The van der Waals surface area contributed by atoms with Gasteiger partial charge in [0, 0.05) is 68.9 Å². The molecule has 0 saturated carbocycles. The van der Waals surface area contributed by atoms with Gasteiger partial charge in [-0.2, -0.15) is 5.10 Å². The number of Topliss-reactive ketones (excluding diaryl/α,β-unsaturated/α-hetero) is 1. The van der Waals surface area contributed by atoms with Crippen LogP contribution >= 0.6 is 11.8 Å². The van der Waals surface area contributed by atoms with Gasteiger partial charge in [-0.15, -0.1) is 0 Å². The largest absolute Gasteiger partial charge is 0.490 e. The van der Waals surface area contributed by atoms with Gasteiger partial charge in [-0.3, -0.25) is 14.8 Å². The van der Waals surface area contributed by atoms with Crippen LogP contribution in [0.1, 0.15) is 23.7 Å². The molecule has 0 aliphatic carbocycles. The van der Waals surface area contributed by atoms with E-state index in [0.717, 1.165) is 67.8 Å². The summed E-state index contributed by atoms with van der Waals surface area (Å²) in [6.07, 6.45) is 0.431. The summed E-state index contributed by atoms with van der Waals surface area (Å²) in [5, 5.41) is 11.2. The van der Waals surface area contributed by atoms with Crippen LogP contribution in [-0.2, 0) is 17.8 Å². The van der Waals surface area contributed by atoms with Crippen molar-refractivity contribution in [3.63, 3.8) is 0 Å². The number of rotatable bonds is 13. The Labute approximate surface area is 257 Å². The second-order valence-electron chi connectivity index (χ2n) is 10.9. The first-order valence-electron chi connectivity index (χ1n) is 14.6. The van der Waals surface area contributed by atoms with Crippen molar-refractivity contribution in [1.29, 1.82) is 0 Å². The molecule has 5 rings (SSSR count). The number of carbonyl (C=O) groups excluding carboxylic acids is 1. The van der Waals surface area contributed by atoms with E-state index in [4.69, 9.17) is 14.7 Å². The summed E-state index contributed by atoms with van der Waals surface area (Å²) in [6, 6.07) is 20.5. The van der Waals surface area contributed by atoms with E-state index in [1.165, 1.54) is 17.3 Å². The van der Waals surface area contributed by atoms with Crippen molar-refractivity contribution in [1.82, 2.24) is 30.0 Å². The zero-order chi connectivity index (χ0) is 30.2. The van der Waals surface area contributed by atoms with Crippen molar-refractivity contribution in [2.24, 2.45) is 0 Å². The highest BCUT2D eigenvalue weighted by Gasteiger charge is 2.25. The Kier molecular flexibility index (Phi) is 10.3. The lowest BCUT2D eigenvalue weighted by Crippen LogP contribution is -2.48. The highest BCUT2D eigenvalue weighted by Crippen LogP contribution is 2.38. The van der Waals surface area contributed by atoms with Crippen LogP contribution in [-0.4, -0.2) is 89.2 Å². The maximum absolute atomic E-state index is 11.5. The van der Waals surface area contributed by atoms with Crippen molar-refractivity contribution in [2.75, 3.05) is 63.6 Å². The molecule has 1 aliphatic heterocycles. The molecule has 2 aromatic heterocycles. The highest BCUT2D eigenvalue weighted by molar-refractivity contribution is 7.99. The fourth-order valence-electron chi connectivity index (χ4n) is 5.09. The number of methoxy groups -OCH3 is 1. The fraction of sp³-hybridized carbons (Fsp3) is 0.375. The molecule has 2 aromatic carbocycles. The fourth-order valence-corrected chi connectivity index (χ4v) is 5.84. The van der Waals surface area contributed by atoms with Crippen LogP contribution in [0.3, 0.4) is 0 Å². The SMILES string of the molecule is COc1c(Nc2cc(C)[nH]n2)nc(Sc2ccc(CC(C)=O)cc2)nc1N1CCN(CCN(C)Cc2ccccc2)CC1. The van der Waals surface area contributed by atoms with Crippen molar-refractivity contribution >= 4 is 35.0 Å². The van der Waals surface area contributed by atoms with Crippen LogP contribution in [0, 0.1) is 6.92 Å². The van der Waals surface area contributed by atoms with Crippen molar-refractivity contribution < 1.29 is 9.53 Å². The molecule has 43 heavy (non-hydrogen) atoms. The number of aromatic amines is 1. The molecule has 1 aliphatic rings. The van der Waals surface area contributed by atoms with Crippen molar-refractivity contribution in [3.8, 4) is 5.75 Å². The van der Waals surface area contributed by atoms with Gasteiger partial charge >= 0.3 is 0 Å². The van der Waals surface area contributed by atoms with Crippen LogP contribution in [0.25, 0.3) is 0 Å². The zero-order valence-corrected chi connectivity index (χ0v) is 26.2. The Hall–Kier alpha value is -3.93. The van der Waals surface area contributed by atoms with Crippen LogP contribution in [0.5, 0.6) is 5.75 Å². The van der Waals surface area contributed by atoms with E-state index in [2.05, 4.69) is 67.6 Å². The van der Waals surface area contributed by atoms with E-state index in [9.17, 15) is 4.79 Å². The van der Waals surface area contributed by atoms with Gasteiger partial charge in [-0.05, 0) is 55.9 Å². The van der Waals surface area contributed by atoms with Gasteiger partial charge in [0.05, 0.1) is 7.11 Å². The minimum Gasteiger partial charge on any atom is -0.490 e. The Balaban J connectivity index is 1.29. The molecular weight excluding hydrogens is 560 g/mol. The minimum absolute atomic E-state index is 0.146. The smallest absolute Gasteiger partial charge is 0.204 e. The van der Waals surface area contributed by atoms with Gasteiger partial charge in [0.25, 0.3) is 0 Å². The van der Waals surface area contributed by atoms with Crippen LogP contribution in [0.2, 0.25) is 0 Å². The summed E-state index contributed by atoms with van der Waals surface area (Å²) < 4.78 is 5.90. The molecule has 3 heterocycles. The molecule has 0 radical (unpaired) electrons. The standard InChI is InChI=1S/C32H40N8O2S/c1-23-20-28(37-36-23)33-30-29(42-4)31(35-32(34-30)43-27-12-10-25(11-13-27)21-24(2)41)40-18-16-39(17-19-40)15-14-38(3)22-26-8-6-5-7-9-26/h5-13,20H,14-19,21-22H2,1-4H3,(H2,33,34,35,36,37). The molecule has 1 fully saturated rings. The zero-order valence-electron chi connectivity index (χ0n) is 25.3. The van der Waals surface area contributed by atoms with Gasteiger partial charge < -0.3 is 19.9 Å². The maximum Gasteiger partial charge on any atom is 0.204 e. The third-order valence-corrected chi connectivity index (χ3v) is 8.21. The van der Waals surface area contributed by atoms with Gasteiger partial charge in [0.15, 0.2) is 22.6 Å². The van der Waals surface area contributed by atoms with Gasteiger partial charge in [0.2, 0.25) is 5.75 Å². The summed E-state index contributed by atoms with van der Waals surface area (Å²) in [4.78, 5) is 29.5. The second kappa shape index (κ2) is 14.5. The maximum atomic E-state index is 11.5. The molecule has 0 amide bonds. The number of ether oxygens (including phenoxy) is 1. The molecule has 11 heteroatoms. The van der Waals surface area contributed by atoms with Crippen LogP contribution in [0.15, 0.2) is 70.7 Å². The van der Waals surface area contributed by atoms with Crippen molar-refractivity contribution in [3.05, 3.63) is 77.5 Å². The second-order valence-corrected chi connectivity index (χ2v) is 12.0. The number of nitrogens with zero attached hydrogens (tertiary/aromatic N) is 6. The minimum atomic E-state index is 0.146. The summed E-state index contributed by atoms with van der Waals surface area (Å²) in [5.74, 6) is 2.74. The summed E-state index contributed by atoms with van der Waals surface area (Å²) in [5.41, 5.74) is 3.27. The lowest BCUT2D eigenvalue weighted by Gasteiger charge is -2.36. The monoisotopic (exact) mass is 600 g/mol. The molecule has 4 aromatic rings. The average molecular weight is 601 g/mol. The molecule has 1 saturated heterocycles. The molecular formula is C32H40N8O2S. The number of carbonyl (C=O) groups is 1. The van der Waals surface area contributed by atoms with E-state index in [-0.39, 0.29) is 5.78 Å². The van der Waals surface area contributed by atoms with E-state index >= 15 is 0 Å². The Bertz CT molecular complexity index is 1490. The average Bonchev–Trinajstić information content (AvgIpc) is 3.41. The first-order valence-corrected chi connectivity index (χ1v) is 15.4. The third-order valence-electron chi connectivity index (χ3n) is 7.33. The summed E-state index contributed by atoms with van der Waals surface area (Å²) in [7, 11) is 3.84. The number of nitrogens with one attached hydrogen (secondary N) is 2. The number of piperazine rings is 1. The lowest BCUT2D eigenvalue weighted by atomic mass is 10.1. The number of H-pyrrole nitrogens is 1. The molecule has 0 bridgehead atoms. The molecule has 2 N–H and O–H groups in total. The number of aryl methyl sites for hydroxylation is 1. The number of likely N-dealkylation sites (N-methyl/N-ethyl adjacent to an activating group) is 1. The van der Waals surface area contributed by atoms with Crippen molar-refractivity contribution in [2.45, 2.75) is 36.9 Å². The normalized spacial score (nSPS) is 13.8. The predicted molar refractivity (Wildman–Crippen MR) is 172 cm³/mol. The van der Waals surface area contributed by atoms with E-state index < -0.39 is 0 Å². The number of hydrogen-bond acceptors (Lipinski definition) is 10. The molecule has 10 nitrogen and oxygen atoms in total. The molecule has 0 unspecified atom stereocenters. The first-order chi connectivity index (χ1) is 20.9. The number of ketones is 1. The molecule has 226 valence electrons. The Morgan fingerprint density at radius 1 is 1.05 bits per heavy atom. The number of aromatic nitrogens is 4. The number of anilines is 3. The quantitative estimate of drug-likeness (QED) is 0.208. The first kappa shape index (κ1) is 30.5. The summed E-state index contributed by atoms with van der Waals surface area (Å²) in [6.45, 7) is 10.1. The Morgan fingerprint density at radius 3 is 2.44 bits per heavy atom. The van der Waals surface area contributed by atoms with E-state index in [1.807, 2.05) is 37.3 Å². The van der Waals surface area contributed by atoms with Gasteiger partial charge in [-0.25, -0.2) is 9.97 Å². The number of hydrogen-bond donors (Lipinski definition) is 2. The topological polar surface area (TPSA) is 103 Å². The van der Waals surface area contributed by atoms with Gasteiger partial charge in [0.1, 0.15) is 5.78 Å². The van der Waals surface area contributed by atoms with Crippen LogP contribution < -0.4 is 15.0 Å². The Morgan fingerprint density at radius 2 is 1.79 bits per heavy atom. The molecule has 0 atom stereocenters. The number of benzene rings is 2. The van der Waals surface area contributed by atoms with E-state index in [0.29, 0.717) is 29.0 Å².